The lowest BCUT2D eigenvalue weighted by Crippen LogP contribution is -2.44. The first-order chi connectivity index (χ1) is 16.8. The van der Waals surface area contributed by atoms with Crippen LogP contribution in [0.25, 0.3) is 0 Å². The van der Waals surface area contributed by atoms with Crippen LogP contribution < -0.4 is 5.32 Å². The highest BCUT2D eigenvalue weighted by Gasteiger charge is 2.18. The van der Waals surface area contributed by atoms with Crippen molar-refractivity contribution in [1.82, 2.24) is 14.7 Å². The van der Waals surface area contributed by atoms with E-state index in [-0.39, 0.29) is 45.2 Å². The summed E-state index contributed by atoms with van der Waals surface area (Å²) in [4.78, 5) is 49.8. The van der Waals surface area contributed by atoms with Crippen molar-refractivity contribution in [2.45, 2.75) is 20.4 Å². The third-order valence-electron chi connectivity index (χ3n) is 5.05. The predicted molar refractivity (Wildman–Crippen MR) is 136 cm³/mol. The lowest BCUT2D eigenvalue weighted by atomic mass is 10.1. The summed E-state index contributed by atoms with van der Waals surface area (Å²) >= 11 is 5.28. The smallest absolute Gasteiger partial charge is 0.317 e. The monoisotopic (exact) mass is 526 g/mol. The van der Waals surface area contributed by atoms with Gasteiger partial charge in [0, 0.05) is 44.3 Å². The van der Waals surface area contributed by atoms with Crippen LogP contribution in [0, 0.1) is 5.92 Å². The summed E-state index contributed by atoms with van der Waals surface area (Å²) in [6.45, 7) is 3.22. The van der Waals surface area contributed by atoms with Crippen molar-refractivity contribution < 1.29 is 39.6 Å². The van der Waals surface area contributed by atoms with Crippen LogP contribution in [0.4, 0.5) is 5.69 Å². The Morgan fingerprint density at radius 1 is 0.722 bits per heavy atom. The van der Waals surface area contributed by atoms with Gasteiger partial charge < -0.3 is 25.7 Å². The van der Waals surface area contributed by atoms with Crippen LogP contribution in [0.1, 0.15) is 19.4 Å². The Morgan fingerprint density at radius 2 is 1.11 bits per heavy atom. The van der Waals surface area contributed by atoms with Crippen molar-refractivity contribution in [3.05, 3.63) is 29.8 Å². The number of anilines is 1. The van der Waals surface area contributed by atoms with Crippen LogP contribution in [0.2, 0.25) is 0 Å². The van der Waals surface area contributed by atoms with Gasteiger partial charge in [0.25, 0.3) is 0 Å². The highest BCUT2D eigenvalue weighted by Crippen LogP contribution is 2.13. The van der Waals surface area contributed by atoms with Crippen LogP contribution >= 0.6 is 12.2 Å². The van der Waals surface area contributed by atoms with Crippen molar-refractivity contribution in [3.63, 3.8) is 0 Å². The van der Waals surface area contributed by atoms with Gasteiger partial charge in [-0.05, 0) is 17.7 Å². The number of thiocarbonyl (C=S) groups is 1. The minimum atomic E-state index is -1.19. The van der Waals surface area contributed by atoms with E-state index in [0.29, 0.717) is 11.5 Å². The molecule has 0 aliphatic heterocycles. The molecule has 0 heterocycles. The van der Waals surface area contributed by atoms with Crippen molar-refractivity contribution in [2.24, 2.45) is 5.92 Å². The van der Waals surface area contributed by atoms with Gasteiger partial charge in [0.05, 0.1) is 31.2 Å². The second-order valence-electron chi connectivity index (χ2n) is 8.61. The summed E-state index contributed by atoms with van der Waals surface area (Å²) in [5.41, 5.74) is 1.68. The van der Waals surface area contributed by atoms with Crippen LogP contribution in [0.5, 0.6) is 0 Å². The van der Waals surface area contributed by atoms with Gasteiger partial charge in [0.15, 0.2) is 0 Å². The number of carboxylic acids is 4. The summed E-state index contributed by atoms with van der Waals surface area (Å²) in [7, 11) is 0. The van der Waals surface area contributed by atoms with Gasteiger partial charge in [-0.2, -0.15) is 0 Å². The van der Waals surface area contributed by atoms with Crippen LogP contribution in [0.3, 0.4) is 0 Å². The van der Waals surface area contributed by atoms with Gasteiger partial charge in [-0.3, -0.25) is 33.9 Å². The van der Waals surface area contributed by atoms with Gasteiger partial charge in [-0.15, -0.1) is 0 Å². The minimum Gasteiger partial charge on any atom is -0.480 e. The highest BCUT2D eigenvalue weighted by atomic mass is 32.1. The van der Waals surface area contributed by atoms with E-state index in [9.17, 15) is 29.4 Å². The van der Waals surface area contributed by atoms with Gasteiger partial charge >= 0.3 is 23.9 Å². The van der Waals surface area contributed by atoms with Crippen LogP contribution in [-0.4, -0.2) is 116 Å². The molecule has 12 nitrogen and oxygen atoms in total. The van der Waals surface area contributed by atoms with Gasteiger partial charge in [-0.25, -0.2) is 0 Å². The molecular formula is C23H34N4O8S. The Morgan fingerprint density at radius 3 is 1.56 bits per heavy atom. The molecule has 36 heavy (non-hydrogen) atoms. The standard InChI is InChI=1S/C23H34N4O8S/c1-16(2)23(36)24-18-5-3-17(4-6-18)11-26(13-20(30)31)9-7-25(12-19(28)29)8-10-27(14-21(32)33)15-22(34)35/h3-6,16H,7-15H2,1-2H3,(H,24,36)(H,28,29)(H,30,31)(H,32,33)(H,34,35). The van der Waals surface area contributed by atoms with Crippen LogP contribution in [0.15, 0.2) is 24.3 Å². The second kappa shape index (κ2) is 15.8. The number of carboxylic acid groups (broad SMARTS) is 4. The lowest BCUT2D eigenvalue weighted by Gasteiger charge is -2.28. The van der Waals surface area contributed by atoms with E-state index in [4.69, 9.17) is 22.4 Å². The normalized spacial score (nSPS) is 11.3. The van der Waals surface area contributed by atoms with Gasteiger partial charge in [-0.1, -0.05) is 38.2 Å². The molecule has 0 radical (unpaired) electrons. The molecule has 0 unspecified atom stereocenters. The molecule has 1 aromatic rings. The number of rotatable bonds is 18. The first-order valence-corrected chi connectivity index (χ1v) is 11.7. The van der Waals surface area contributed by atoms with E-state index in [0.717, 1.165) is 11.3 Å². The molecule has 0 saturated heterocycles. The predicted octanol–water partition coefficient (Wildman–Crippen LogP) is 0.826. The number of benzene rings is 1. The molecule has 0 bridgehead atoms. The van der Waals surface area contributed by atoms with E-state index in [1.807, 2.05) is 38.1 Å². The van der Waals surface area contributed by atoms with Gasteiger partial charge in [0.2, 0.25) is 0 Å². The number of carbonyl (C=O) groups is 4. The molecule has 0 spiro atoms. The molecule has 1 aromatic carbocycles. The molecule has 13 heteroatoms. The molecule has 0 aliphatic carbocycles. The van der Waals surface area contributed by atoms with E-state index in [1.54, 1.807) is 4.90 Å². The molecule has 5 N–H and O–H groups in total. The topological polar surface area (TPSA) is 171 Å². The van der Waals surface area contributed by atoms with Crippen molar-refractivity contribution in [2.75, 3.05) is 57.7 Å². The average molecular weight is 527 g/mol. The summed E-state index contributed by atoms with van der Waals surface area (Å²) in [5, 5.41) is 39.7. The maximum absolute atomic E-state index is 11.4. The first-order valence-electron chi connectivity index (χ1n) is 11.3. The minimum absolute atomic E-state index is 0.0253. The second-order valence-corrected chi connectivity index (χ2v) is 9.05. The third kappa shape index (κ3) is 13.7. The van der Waals surface area contributed by atoms with Crippen molar-refractivity contribution in [1.29, 1.82) is 0 Å². The number of aliphatic carboxylic acids is 4. The number of nitrogens with one attached hydrogen (secondary N) is 1. The average Bonchev–Trinajstić information content (AvgIpc) is 2.75. The summed E-state index contributed by atoms with van der Waals surface area (Å²) in [6.07, 6.45) is 0. The van der Waals surface area contributed by atoms with E-state index in [1.165, 1.54) is 9.80 Å². The maximum atomic E-state index is 11.4. The van der Waals surface area contributed by atoms with Crippen molar-refractivity contribution in [3.8, 4) is 0 Å². The lowest BCUT2D eigenvalue weighted by molar-refractivity contribution is -0.143. The maximum Gasteiger partial charge on any atom is 0.317 e. The Hall–Kier alpha value is -3.13. The van der Waals surface area contributed by atoms with Crippen molar-refractivity contribution >= 4 is 46.8 Å². The molecule has 0 aliphatic rings. The SMILES string of the molecule is CC(C)C(=S)Nc1ccc(CN(CCN(CCN(CC(=O)O)CC(=O)O)CC(=O)O)CC(=O)O)cc1. The Labute approximate surface area is 215 Å². The molecule has 1 rings (SSSR count). The van der Waals surface area contributed by atoms with Crippen LogP contribution in [-0.2, 0) is 25.7 Å². The molecule has 0 atom stereocenters. The van der Waals surface area contributed by atoms with Gasteiger partial charge in [0.1, 0.15) is 0 Å². The summed E-state index contributed by atoms with van der Waals surface area (Å²) < 4.78 is 0. The Kier molecular flexibility index (Phi) is 13.5. The largest absolute Gasteiger partial charge is 0.480 e. The summed E-state index contributed by atoms with van der Waals surface area (Å²) in [6, 6.07) is 7.40. The number of hydrogen-bond acceptors (Lipinski definition) is 8. The fourth-order valence-electron chi connectivity index (χ4n) is 3.27. The Bertz CT molecular complexity index is 894. The molecule has 0 amide bonds. The zero-order valence-corrected chi connectivity index (χ0v) is 21.2. The Balaban J connectivity index is 2.81. The zero-order valence-electron chi connectivity index (χ0n) is 20.4. The number of nitrogens with zero attached hydrogens (tertiary/aromatic N) is 3. The first kappa shape index (κ1) is 30.9. The highest BCUT2D eigenvalue weighted by molar-refractivity contribution is 7.80. The van der Waals surface area contributed by atoms with E-state index < -0.39 is 37.0 Å². The molecule has 0 saturated carbocycles. The zero-order chi connectivity index (χ0) is 27.3. The molecular weight excluding hydrogens is 492 g/mol. The molecule has 200 valence electrons. The quantitative estimate of drug-likeness (QED) is 0.171. The fourth-order valence-corrected chi connectivity index (χ4v) is 3.38. The number of hydrogen-bond donors (Lipinski definition) is 5. The van der Waals surface area contributed by atoms with E-state index >= 15 is 0 Å². The summed E-state index contributed by atoms with van der Waals surface area (Å²) in [5.74, 6) is -4.33. The third-order valence-corrected chi connectivity index (χ3v) is 5.63. The fraction of sp³-hybridized carbons (Fsp3) is 0.522. The molecule has 0 fully saturated rings. The molecule has 0 aromatic heterocycles. The van der Waals surface area contributed by atoms with E-state index in [2.05, 4.69) is 5.32 Å².